The minimum Gasteiger partial charge on any atom is -0.250 e. The van der Waals surface area contributed by atoms with E-state index in [1.54, 1.807) is 0 Å². The number of alkyl halides is 3. The standard InChI is InChI=1S/C16H10F4N4S/c17-13-7-3-11(4-8-13)14-22-23-15(25)24(14)21-9-10-1-5-12(6-2-10)16(18,19)20/h1-9H,(H,23,25)/b21-9-. The Balaban J connectivity index is 1.90. The van der Waals surface area contributed by atoms with Crippen molar-refractivity contribution in [3.05, 3.63) is 70.2 Å². The molecule has 3 rings (SSSR count). The van der Waals surface area contributed by atoms with E-state index in [1.165, 1.54) is 47.3 Å². The highest BCUT2D eigenvalue weighted by Crippen LogP contribution is 2.28. The maximum atomic E-state index is 13.0. The quantitative estimate of drug-likeness (QED) is 0.417. The molecule has 0 saturated carbocycles. The van der Waals surface area contributed by atoms with Gasteiger partial charge in [-0.2, -0.15) is 28.0 Å². The molecule has 0 spiro atoms. The Labute approximate surface area is 144 Å². The number of nitrogens with zero attached hydrogens (tertiary/aromatic N) is 3. The van der Waals surface area contributed by atoms with E-state index in [9.17, 15) is 17.6 Å². The minimum absolute atomic E-state index is 0.197. The molecule has 0 fully saturated rings. The first-order valence-corrected chi connectivity index (χ1v) is 7.40. The summed E-state index contributed by atoms with van der Waals surface area (Å²) in [5.41, 5.74) is 0.302. The van der Waals surface area contributed by atoms with Gasteiger partial charge in [0.25, 0.3) is 0 Å². The lowest BCUT2D eigenvalue weighted by Crippen LogP contribution is -2.04. The van der Waals surface area contributed by atoms with E-state index >= 15 is 0 Å². The van der Waals surface area contributed by atoms with Gasteiger partial charge in [0, 0.05) is 5.56 Å². The number of halogens is 4. The van der Waals surface area contributed by atoms with Gasteiger partial charge in [-0.05, 0) is 54.2 Å². The van der Waals surface area contributed by atoms with E-state index in [0.717, 1.165) is 12.1 Å². The average molecular weight is 366 g/mol. The fourth-order valence-electron chi connectivity index (χ4n) is 2.07. The molecule has 25 heavy (non-hydrogen) atoms. The Bertz CT molecular complexity index is 954. The number of nitrogens with one attached hydrogen (secondary N) is 1. The number of hydrogen-bond acceptors (Lipinski definition) is 3. The molecule has 0 bridgehead atoms. The molecule has 0 aliphatic carbocycles. The van der Waals surface area contributed by atoms with Crippen molar-refractivity contribution in [1.82, 2.24) is 14.9 Å². The molecule has 0 radical (unpaired) electrons. The van der Waals surface area contributed by atoms with E-state index in [1.807, 2.05) is 0 Å². The van der Waals surface area contributed by atoms with Gasteiger partial charge in [0.2, 0.25) is 4.77 Å². The molecule has 128 valence electrons. The van der Waals surface area contributed by atoms with Crippen molar-refractivity contribution >= 4 is 18.4 Å². The highest BCUT2D eigenvalue weighted by Gasteiger charge is 2.29. The van der Waals surface area contributed by atoms with Crippen LogP contribution in [-0.4, -0.2) is 21.1 Å². The zero-order valence-corrected chi connectivity index (χ0v) is 13.3. The minimum atomic E-state index is -4.39. The number of benzene rings is 2. The van der Waals surface area contributed by atoms with Crippen LogP contribution >= 0.6 is 12.2 Å². The molecule has 0 saturated heterocycles. The van der Waals surface area contributed by atoms with Crippen LogP contribution in [0.3, 0.4) is 0 Å². The van der Waals surface area contributed by atoms with Crippen LogP contribution in [0.1, 0.15) is 11.1 Å². The fraction of sp³-hybridized carbons (Fsp3) is 0.0625. The predicted octanol–water partition coefficient (Wildman–Crippen LogP) is 4.65. The molecule has 9 heteroatoms. The summed E-state index contributed by atoms with van der Waals surface area (Å²) < 4.78 is 52.2. The maximum Gasteiger partial charge on any atom is 0.416 e. The molecule has 0 aliphatic heterocycles. The summed E-state index contributed by atoms with van der Waals surface area (Å²) in [5, 5.41) is 10.8. The third kappa shape index (κ3) is 3.82. The largest absolute Gasteiger partial charge is 0.416 e. The lowest BCUT2D eigenvalue weighted by molar-refractivity contribution is -0.137. The van der Waals surface area contributed by atoms with Gasteiger partial charge in [-0.3, -0.25) is 0 Å². The summed E-state index contributed by atoms with van der Waals surface area (Å²) >= 11 is 5.09. The molecule has 1 heterocycles. The molecule has 1 aromatic heterocycles. The van der Waals surface area contributed by atoms with Gasteiger partial charge in [0.05, 0.1) is 11.8 Å². The Kier molecular flexibility index (Phi) is 4.49. The van der Waals surface area contributed by atoms with Gasteiger partial charge in [-0.25, -0.2) is 9.49 Å². The van der Waals surface area contributed by atoms with E-state index in [2.05, 4.69) is 15.3 Å². The molecule has 1 N–H and O–H groups in total. The summed E-state index contributed by atoms with van der Waals surface area (Å²) in [6, 6.07) is 10.1. The van der Waals surface area contributed by atoms with E-state index in [0.29, 0.717) is 17.0 Å². The van der Waals surface area contributed by atoms with Crippen LogP contribution in [0, 0.1) is 10.6 Å². The lowest BCUT2D eigenvalue weighted by Gasteiger charge is -2.05. The van der Waals surface area contributed by atoms with Crippen molar-refractivity contribution in [3.8, 4) is 11.4 Å². The maximum absolute atomic E-state index is 13.0. The van der Waals surface area contributed by atoms with Crippen LogP contribution < -0.4 is 0 Å². The van der Waals surface area contributed by atoms with Gasteiger partial charge in [0.1, 0.15) is 5.82 Å². The first-order valence-electron chi connectivity index (χ1n) is 6.99. The SMILES string of the molecule is Fc1ccc(-c2n[nH]c(=S)n2/N=C\c2ccc(C(F)(F)F)cc2)cc1. The van der Waals surface area contributed by atoms with Gasteiger partial charge in [0.15, 0.2) is 5.82 Å². The van der Waals surface area contributed by atoms with Crippen LogP contribution in [-0.2, 0) is 6.18 Å². The summed E-state index contributed by atoms with van der Waals surface area (Å²) in [6.45, 7) is 0. The zero-order chi connectivity index (χ0) is 18.0. The van der Waals surface area contributed by atoms with Gasteiger partial charge >= 0.3 is 6.18 Å². The topological polar surface area (TPSA) is 46.0 Å². The lowest BCUT2D eigenvalue weighted by atomic mass is 10.1. The van der Waals surface area contributed by atoms with Crippen molar-refractivity contribution < 1.29 is 17.6 Å². The third-order valence-corrected chi connectivity index (χ3v) is 3.58. The van der Waals surface area contributed by atoms with Gasteiger partial charge in [-0.1, -0.05) is 12.1 Å². The zero-order valence-electron chi connectivity index (χ0n) is 12.5. The van der Waals surface area contributed by atoms with Gasteiger partial charge in [-0.15, -0.1) is 0 Å². The number of H-pyrrole nitrogens is 1. The van der Waals surface area contributed by atoms with E-state index in [-0.39, 0.29) is 4.77 Å². The predicted molar refractivity (Wildman–Crippen MR) is 87.2 cm³/mol. The Morgan fingerprint density at radius 2 is 1.68 bits per heavy atom. The normalized spacial score (nSPS) is 12.0. The number of rotatable bonds is 3. The van der Waals surface area contributed by atoms with Crippen LogP contribution in [0.25, 0.3) is 11.4 Å². The monoisotopic (exact) mass is 366 g/mol. The summed E-state index contributed by atoms with van der Waals surface area (Å²) in [5.74, 6) is -0.0362. The number of hydrogen-bond donors (Lipinski definition) is 1. The van der Waals surface area contributed by atoms with Crippen LogP contribution in [0.4, 0.5) is 17.6 Å². The highest BCUT2D eigenvalue weighted by atomic mass is 32.1. The molecule has 4 nitrogen and oxygen atoms in total. The van der Waals surface area contributed by atoms with Gasteiger partial charge < -0.3 is 0 Å². The second-order valence-corrected chi connectivity index (χ2v) is 5.42. The second kappa shape index (κ2) is 6.60. The number of aromatic nitrogens is 3. The summed E-state index contributed by atoms with van der Waals surface area (Å²) in [7, 11) is 0. The van der Waals surface area contributed by atoms with Crippen LogP contribution in [0.5, 0.6) is 0 Å². The molecule has 0 unspecified atom stereocenters. The Morgan fingerprint density at radius 1 is 1.04 bits per heavy atom. The Hall–Kier alpha value is -2.81. The molecule has 0 atom stereocenters. The van der Waals surface area contributed by atoms with Crippen molar-refractivity contribution in [3.63, 3.8) is 0 Å². The smallest absolute Gasteiger partial charge is 0.250 e. The fourth-order valence-corrected chi connectivity index (χ4v) is 2.25. The Morgan fingerprint density at radius 3 is 2.28 bits per heavy atom. The molecule has 3 aromatic rings. The highest BCUT2D eigenvalue weighted by molar-refractivity contribution is 7.71. The second-order valence-electron chi connectivity index (χ2n) is 5.04. The molecule has 2 aromatic carbocycles. The molecule has 0 aliphatic rings. The van der Waals surface area contributed by atoms with E-state index in [4.69, 9.17) is 12.2 Å². The molecular weight excluding hydrogens is 356 g/mol. The van der Waals surface area contributed by atoms with Crippen molar-refractivity contribution in [2.75, 3.05) is 0 Å². The average Bonchev–Trinajstić information content (AvgIpc) is 2.94. The van der Waals surface area contributed by atoms with Crippen LogP contribution in [0.15, 0.2) is 53.6 Å². The summed E-state index contributed by atoms with van der Waals surface area (Å²) in [6.07, 6.45) is -3.03. The third-order valence-electron chi connectivity index (χ3n) is 3.31. The van der Waals surface area contributed by atoms with E-state index < -0.39 is 17.6 Å². The number of aromatic amines is 1. The first kappa shape index (κ1) is 17.0. The van der Waals surface area contributed by atoms with Crippen molar-refractivity contribution in [2.45, 2.75) is 6.18 Å². The summed E-state index contributed by atoms with van der Waals surface area (Å²) in [4.78, 5) is 0. The van der Waals surface area contributed by atoms with Crippen molar-refractivity contribution in [1.29, 1.82) is 0 Å². The molecule has 0 amide bonds. The van der Waals surface area contributed by atoms with Crippen molar-refractivity contribution in [2.24, 2.45) is 5.10 Å². The van der Waals surface area contributed by atoms with Crippen LogP contribution in [0.2, 0.25) is 0 Å². The molecular formula is C16H10F4N4S. The first-order chi connectivity index (χ1) is 11.8.